The minimum atomic E-state index is -0.133. The Morgan fingerprint density at radius 3 is 1.43 bits per heavy atom. The van der Waals surface area contributed by atoms with E-state index >= 15 is 0 Å². The zero-order chi connectivity index (χ0) is 5.86. The Kier molecular flexibility index (Phi) is 3.42. The molecule has 2 atom stereocenters. The molecule has 0 aromatic carbocycles. The largest absolute Gasteiger partial charge is 0.630 e. The third-order valence-corrected chi connectivity index (χ3v) is 1.06. The van der Waals surface area contributed by atoms with Gasteiger partial charge < -0.3 is 20.1 Å². The van der Waals surface area contributed by atoms with Crippen LogP contribution in [0.4, 0.5) is 0 Å². The quantitative estimate of drug-likeness (QED) is 0.316. The van der Waals surface area contributed by atoms with E-state index in [9.17, 15) is 10.4 Å². The zero-order valence-electron chi connectivity index (χ0n) is 4.32. The number of rotatable bonds is 2. The lowest BCUT2D eigenvalue weighted by Gasteiger charge is -2.19. The molecule has 0 saturated heterocycles. The van der Waals surface area contributed by atoms with Crippen molar-refractivity contribution in [2.75, 3.05) is 14.1 Å². The van der Waals surface area contributed by atoms with Crippen molar-refractivity contribution >= 4 is 8.88 Å². The molecule has 0 radical (unpaired) electrons. The summed E-state index contributed by atoms with van der Waals surface area (Å²) in [7, 11) is 2.70. The highest BCUT2D eigenvalue weighted by atomic mass is 31.1. The molecule has 7 heavy (non-hydrogen) atoms. The van der Waals surface area contributed by atoms with Gasteiger partial charge in [0.2, 0.25) is 0 Å². The summed E-state index contributed by atoms with van der Waals surface area (Å²) in [5, 5.41) is 20.1. The highest BCUT2D eigenvalue weighted by molar-refractivity contribution is 7.22. The average Bonchev–Trinajstić information content (AvgIpc) is 1.27. The maximum absolute atomic E-state index is 10.0. The van der Waals surface area contributed by atoms with Crippen molar-refractivity contribution in [1.82, 2.24) is 0 Å². The zero-order valence-corrected chi connectivity index (χ0v) is 5.32. The smallest absolute Gasteiger partial charge is 0.306 e. The number of nitrogens with one attached hydrogen (secondary N) is 2. The Morgan fingerprint density at radius 2 is 1.43 bits per heavy atom. The fraction of sp³-hybridized carbons (Fsp3) is 1.00. The third-order valence-electron chi connectivity index (χ3n) is 0.352. The summed E-state index contributed by atoms with van der Waals surface area (Å²) in [5.41, 5.74) is 0. The number of quaternary nitrogens is 2. The molecule has 0 heterocycles. The van der Waals surface area contributed by atoms with Crippen LogP contribution >= 0.6 is 8.88 Å². The molecular formula is C2H9N2O2P. The lowest BCUT2D eigenvalue weighted by Crippen LogP contribution is -3.11. The molecule has 0 aromatic rings. The summed E-state index contributed by atoms with van der Waals surface area (Å²) in [5.74, 6) is 0. The lowest BCUT2D eigenvalue weighted by atomic mass is 11.5. The molecule has 0 amide bonds. The average molecular weight is 124 g/mol. The second kappa shape index (κ2) is 3.29. The van der Waals surface area contributed by atoms with Crippen molar-refractivity contribution in [3.8, 4) is 0 Å². The molecule has 4 nitrogen and oxygen atoms in total. The van der Waals surface area contributed by atoms with E-state index in [1.165, 1.54) is 14.1 Å². The van der Waals surface area contributed by atoms with E-state index < -0.39 is 0 Å². The summed E-state index contributed by atoms with van der Waals surface area (Å²) >= 11 is 0. The van der Waals surface area contributed by atoms with E-state index in [0.29, 0.717) is 0 Å². The number of hydrogen-bond donors (Lipinski definition) is 2. The minimum absolute atomic E-state index is 0.0347. The van der Waals surface area contributed by atoms with Crippen molar-refractivity contribution in [1.29, 1.82) is 0 Å². The van der Waals surface area contributed by atoms with E-state index in [0.717, 1.165) is 0 Å². The highest BCUT2D eigenvalue weighted by Gasteiger charge is 1.89. The summed E-state index contributed by atoms with van der Waals surface area (Å²) < 4.78 is 0. The van der Waals surface area contributed by atoms with Crippen LogP contribution in [0.3, 0.4) is 0 Å². The maximum Gasteiger partial charge on any atom is 0.306 e. The predicted molar refractivity (Wildman–Crippen MR) is 28.8 cm³/mol. The fourth-order valence-electron chi connectivity index (χ4n) is 0.248. The van der Waals surface area contributed by atoms with Gasteiger partial charge in [-0.3, -0.25) is 0 Å². The minimum Gasteiger partial charge on any atom is -0.630 e. The monoisotopic (exact) mass is 124 g/mol. The first-order valence-corrected chi connectivity index (χ1v) is 2.91. The van der Waals surface area contributed by atoms with Crippen LogP contribution in [0, 0.1) is 10.4 Å². The van der Waals surface area contributed by atoms with Gasteiger partial charge in [0.25, 0.3) is 0 Å². The summed E-state index contributed by atoms with van der Waals surface area (Å²) in [6, 6.07) is 0. The lowest BCUT2D eigenvalue weighted by molar-refractivity contribution is -0.783. The van der Waals surface area contributed by atoms with Crippen LogP contribution in [0.1, 0.15) is 0 Å². The third kappa shape index (κ3) is 6.27. The van der Waals surface area contributed by atoms with E-state index in [4.69, 9.17) is 0 Å². The van der Waals surface area contributed by atoms with Crippen LogP contribution in [0.5, 0.6) is 0 Å². The molecule has 2 unspecified atom stereocenters. The summed E-state index contributed by atoms with van der Waals surface area (Å²) in [6.45, 7) is 0. The van der Waals surface area contributed by atoms with Gasteiger partial charge in [0, 0.05) is 0 Å². The molecule has 0 aliphatic rings. The van der Waals surface area contributed by atoms with Crippen molar-refractivity contribution in [2.45, 2.75) is 0 Å². The first kappa shape index (κ1) is 7.27. The van der Waals surface area contributed by atoms with Crippen molar-refractivity contribution < 1.29 is 9.67 Å². The first-order chi connectivity index (χ1) is 3.13. The Bertz CT molecular complexity index is 43.0. The SMILES string of the molecule is C[NH+]([O-])P[NH+](C)[O-]. The standard InChI is InChI=1S/C2H9N2O2P/c1-3(5)7-4(2)6/h3-4,7H,1-2H3. The Morgan fingerprint density at radius 1 is 1.14 bits per heavy atom. The summed E-state index contributed by atoms with van der Waals surface area (Å²) in [6.07, 6.45) is 0. The molecular weight excluding hydrogens is 115 g/mol. The molecule has 0 aromatic heterocycles. The van der Waals surface area contributed by atoms with E-state index in [-0.39, 0.29) is 18.5 Å². The van der Waals surface area contributed by atoms with E-state index in [1.54, 1.807) is 0 Å². The molecule has 0 aliphatic carbocycles. The number of hydroxylamine groups is 2. The molecule has 5 heteroatoms. The van der Waals surface area contributed by atoms with Crippen LogP contribution in [-0.2, 0) is 0 Å². The molecule has 0 saturated carbocycles. The molecule has 0 rings (SSSR count). The second-order valence-corrected chi connectivity index (χ2v) is 2.90. The highest BCUT2D eigenvalue weighted by Crippen LogP contribution is 1.67. The van der Waals surface area contributed by atoms with Crippen LogP contribution in [-0.4, -0.2) is 14.1 Å². The van der Waals surface area contributed by atoms with Crippen LogP contribution < -0.4 is 9.67 Å². The number of hydrogen-bond acceptors (Lipinski definition) is 2. The van der Waals surface area contributed by atoms with E-state index in [2.05, 4.69) is 0 Å². The topological polar surface area (TPSA) is 55.0 Å². The van der Waals surface area contributed by atoms with Crippen molar-refractivity contribution in [2.24, 2.45) is 0 Å². The van der Waals surface area contributed by atoms with Gasteiger partial charge in [0.1, 0.15) is 0 Å². The first-order valence-electron chi connectivity index (χ1n) is 1.91. The van der Waals surface area contributed by atoms with Gasteiger partial charge in [-0.25, -0.2) is 0 Å². The molecule has 0 spiro atoms. The Balaban J connectivity index is 2.95. The van der Waals surface area contributed by atoms with Gasteiger partial charge in [-0.1, -0.05) is 0 Å². The Hall–Kier alpha value is 0.270. The molecule has 2 N–H and O–H groups in total. The molecule has 0 bridgehead atoms. The maximum atomic E-state index is 10.0. The fourth-order valence-corrected chi connectivity index (χ4v) is 0.744. The van der Waals surface area contributed by atoms with Crippen LogP contribution in [0.15, 0.2) is 0 Å². The van der Waals surface area contributed by atoms with Gasteiger partial charge in [-0.2, -0.15) is 0 Å². The van der Waals surface area contributed by atoms with Crippen molar-refractivity contribution in [3.63, 3.8) is 0 Å². The van der Waals surface area contributed by atoms with Gasteiger partial charge in [0.15, 0.2) is 0 Å². The van der Waals surface area contributed by atoms with Crippen LogP contribution in [0.2, 0.25) is 0 Å². The Labute approximate surface area is 44.1 Å². The van der Waals surface area contributed by atoms with E-state index in [1.807, 2.05) is 0 Å². The van der Waals surface area contributed by atoms with Gasteiger partial charge >= 0.3 is 8.88 Å². The molecule has 0 aliphatic heterocycles. The normalized spacial score (nSPS) is 20.6. The summed E-state index contributed by atoms with van der Waals surface area (Å²) in [4.78, 5) is -0.0694. The van der Waals surface area contributed by atoms with Gasteiger partial charge in [-0.15, -0.1) is 0 Å². The molecule has 44 valence electrons. The molecule has 0 fully saturated rings. The van der Waals surface area contributed by atoms with Gasteiger partial charge in [-0.05, 0) is 0 Å². The predicted octanol–water partition coefficient (Wildman–Crippen LogP) is -2.48. The van der Waals surface area contributed by atoms with Gasteiger partial charge in [0.05, 0.1) is 14.1 Å². The van der Waals surface area contributed by atoms with Crippen molar-refractivity contribution in [3.05, 3.63) is 10.4 Å². The second-order valence-electron chi connectivity index (χ2n) is 1.24. The van der Waals surface area contributed by atoms with Crippen LogP contribution in [0.25, 0.3) is 0 Å².